The summed E-state index contributed by atoms with van der Waals surface area (Å²) in [5.41, 5.74) is 0.978. The van der Waals surface area contributed by atoms with Crippen LogP contribution >= 0.6 is 0 Å². The second kappa shape index (κ2) is 4.72. The van der Waals surface area contributed by atoms with Gasteiger partial charge in [-0.05, 0) is 12.5 Å². The molecule has 0 aliphatic carbocycles. The molecule has 0 bridgehead atoms. The Morgan fingerprint density at radius 3 is 2.89 bits per heavy atom. The number of aromatic nitrogens is 1. The van der Waals surface area contributed by atoms with Gasteiger partial charge in [0.05, 0.1) is 5.69 Å². The number of amides is 1. The van der Waals surface area contributed by atoms with E-state index >= 15 is 0 Å². The molecule has 0 radical (unpaired) electrons. The minimum absolute atomic E-state index is 0.0722. The lowest BCUT2D eigenvalue weighted by atomic mass is 9.96. The molecule has 1 aromatic rings. The number of hydrogen-bond acceptors (Lipinski definition) is 4. The molecule has 2 heterocycles. The zero-order chi connectivity index (χ0) is 13.3. The van der Waals surface area contributed by atoms with Gasteiger partial charge in [0.15, 0.2) is 12.2 Å². The largest absolute Gasteiger partial charge is 0.446 e. The van der Waals surface area contributed by atoms with Gasteiger partial charge in [0.1, 0.15) is 6.04 Å². The number of fused-ring (bicyclic) bond motifs is 1. The van der Waals surface area contributed by atoms with Gasteiger partial charge >= 0.3 is 0 Å². The van der Waals surface area contributed by atoms with E-state index in [1.807, 2.05) is 4.90 Å². The van der Waals surface area contributed by atoms with Crippen molar-refractivity contribution in [3.63, 3.8) is 0 Å². The van der Waals surface area contributed by atoms with Gasteiger partial charge in [0, 0.05) is 19.5 Å². The van der Waals surface area contributed by atoms with Crippen molar-refractivity contribution in [2.24, 2.45) is 5.41 Å². The highest BCUT2D eigenvalue weighted by molar-refractivity contribution is 5.83. The van der Waals surface area contributed by atoms with Crippen LogP contribution in [0.3, 0.4) is 0 Å². The molecule has 1 aromatic heterocycles. The van der Waals surface area contributed by atoms with Crippen molar-refractivity contribution in [2.75, 3.05) is 20.1 Å². The Labute approximate surface area is 108 Å². The predicted octanol–water partition coefficient (Wildman–Crippen LogP) is 1.37. The van der Waals surface area contributed by atoms with Crippen molar-refractivity contribution in [3.05, 3.63) is 17.8 Å². The molecule has 1 N–H and O–H groups in total. The Morgan fingerprint density at radius 2 is 2.28 bits per heavy atom. The number of carbonyl (C=O) groups excluding carboxylic acids is 1. The van der Waals surface area contributed by atoms with Crippen molar-refractivity contribution in [3.8, 4) is 0 Å². The summed E-state index contributed by atoms with van der Waals surface area (Å²) < 4.78 is 5.37. The number of nitrogens with zero attached hydrogens (tertiary/aromatic N) is 2. The second-order valence-electron chi connectivity index (χ2n) is 5.96. The molecule has 1 unspecified atom stereocenters. The Kier molecular flexibility index (Phi) is 3.43. The SMILES string of the molecule is CNC1C(=O)N(CC(C)(C)C)CCc2ncoc21. The lowest BCUT2D eigenvalue weighted by Crippen LogP contribution is -2.43. The summed E-state index contributed by atoms with van der Waals surface area (Å²) in [6.07, 6.45) is 2.17. The van der Waals surface area contributed by atoms with E-state index in [2.05, 4.69) is 31.1 Å². The third kappa shape index (κ3) is 2.56. The number of oxazole rings is 1. The first-order valence-electron chi connectivity index (χ1n) is 6.30. The maximum Gasteiger partial charge on any atom is 0.247 e. The highest BCUT2D eigenvalue weighted by atomic mass is 16.3. The fraction of sp³-hybridized carbons (Fsp3) is 0.692. The van der Waals surface area contributed by atoms with Crippen molar-refractivity contribution in [1.82, 2.24) is 15.2 Å². The highest BCUT2D eigenvalue weighted by Gasteiger charge is 2.34. The molecule has 18 heavy (non-hydrogen) atoms. The molecule has 5 heteroatoms. The van der Waals surface area contributed by atoms with E-state index < -0.39 is 6.04 Å². The summed E-state index contributed by atoms with van der Waals surface area (Å²) in [6, 6.07) is -0.410. The standard InChI is InChI=1S/C13H21N3O2/c1-13(2,3)7-16-6-5-9-11(18-8-15-9)10(14-4)12(16)17/h8,10,14H,5-7H2,1-4H3. The number of likely N-dealkylation sites (N-methyl/N-ethyl adjacent to an activating group) is 1. The summed E-state index contributed by atoms with van der Waals surface area (Å²) in [5.74, 6) is 0.738. The van der Waals surface area contributed by atoms with E-state index in [0.29, 0.717) is 12.3 Å². The van der Waals surface area contributed by atoms with Crippen LogP contribution in [0.2, 0.25) is 0 Å². The van der Waals surface area contributed by atoms with E-state index in [1.54, 1.807) is 7.05 Å². The monoisotopic (exact) mass is 251 g/mol. The minimum atomic E-state index is -0.410. The van der Waals surface area contributed by atoms with E-state index in [4.69, 9.17) is 4.42 Å². The fourth-order valence-corrected chi connectivity index (χ4v) is 2.33. The Hall–Kier alpha value is -1.36. The molecule has 1 aliphatic rings. The average Bonchev–Trinajstić information content (AvgIpc) is 2.68. The number of nitrogens with one attached hydrogen (secondary N) is 1. The summed E-state index contributed by atoms with van der Waals surface area (Å²) in [5, 5.41) is 3.03. The zero-order valence-electron chi connectivity index (χ0n) is 11.5. The first-order valence-corrected chi connectivity index (χ1v) is 6.30. The second-order valence-corrected chi connectivity index (χ2v) is 5.96. The van der Waals surface area contributed by atoms with Gasteiger partial charge in [-0.2, -0.15) is 0 Å². The number of rotatable bonds is 2. The number of hydrogen-bond donors (Lipinski definition) is 1. The maximum absolute atomic E-state index is 12.5. The van der Waals surface area contributed by atoms with Crippen LogP contribution in [0.1, 0.15) is 38.3 Å². The Bertz CT molecular complexity index is 434. The Morgan fingerprint density at radius 1 is 1.56 bits per heavy atom. The molecule has 0 saturated heterocycles. The smallest absolute Gasteiger partial charge is 0.247 e. The Balaban J connectivity index is 2.25. The van der Waals surface area contributed by atoms with Crippen LogP contribution in [0.4, 0.5) is 0 Å². The highest BCUT2D eigenvalue weighted by Crippen LogP contribution is 2.26. The van der Waals surface area contributed by atoms with Crippen molar-refractivity contribution < 1.29 is 9.21 Å². The van der Waals surface area contributed by atoms with Crippen LogP contribution in [0.5, 0.6) is 0 Å². The third-order valence-corrected chi connectivity index (χ3v) is 3.07. The molecule has 0 aromatic carbocycles. The lowest BCUT2D eigenvalue weighted by Gasteiger charge is -2.30. The van der Waals surface area contributed by atoms with E-state index in [0.717, 1.165) is 18.7 Å². The van der Waals surface area contributed by atoms with Gasteiger partial charge in [0.25, 0.3) is 0 Å². The summed E-state index contributed by atoms with van der Waals surface area (Å²) in [6.45, 7) is 7.85. The zero-order valence-corrected chi connectivity index (χ0v) is 11.5. The molecular formula is C13H21N3O2. The topological polar surface area (TPSA) is 58.4 Å². The molecular weight excluding hydrogens is 230 g/mol. The molecule has 2 rings (SSSR count). The maximum atomic E-state index is 12.5. The van der Waals surface area contributed by atoms with Crippen LogP contribution in [-0.2, 0) is 11.2 Å². The molecule has 0 fully saturated rings. The van der Waals surface area contributed by atoms with Crippen molar-refractivity contribution in [2.45, 2.75) is 33.2 Å². The van der Waals surface area contributed by atoms with E-state index in [-0.39, 0.29) is 11.3 Å². The van der Waals surface area contributed by atoms with Gasteiger partial charge in [-0.25, -0.2) is 4.98 Å². The van der Waals surface area contributed by atoms with Crippen LogP contribution in [0.15, 0.2) is 10.8 Å². The summed E-state index contributed by atoms with van der Waals surface area (Å²) in [4.78, 5) is 18.6. The summed E-state index contributed by atoms with van der Waals surface area (Å²) in [7, 11) is 1.77. The van der Waals surface area contributed by atoms with Crippen molar-refractivity contribution >= 4 is 5.91 Å². The molecule has 100 valence electrons. The lowest BCUT2D eigenvalue weighted by molar-refractivity contribution is -0.134. The van der Waals surface area contributed by atoms with Crippen molar-refractivity contribution in [1.29, 1.82) is 0 Å². The van der Waals surface area contributed by atoms with Gasteiger partial charge in [-0.1, -0.05) is 20.8 Å². The third-order valence-electron chi connectivity index (χ3n) is 3.07. The van der Waals surface area contributed by atoms with Crippen LogP contribution in [0, 0.1) is 5.41 Å². The van der Waals surface area contributed by atoms with Crippen LogP contribution in [0.25, 0.3) is 0 Å². The normalized spacial score (nSPS) is 20.8. The first-order chi connectivity index (χ1) is 8.42. The quantitative estimate of drug-likeness (QED) is 0.862. The van der Waals surface area contributed by atoms with E-state index in [9.17, 15) is 4.79 Å². The van der Waals surface area contributed by atoms with Gasteiger partial charge in [0.2, 0.25) is 5.91 Å². The first kappa shape index (κ1) is 13.1. The summed E-state index contributed by atoms with van der Waals surface area (Å²) >= 11 is 0. The van der Waals surface area contributed by atoms with Crippen LogP contribution in [-0.4, -0.2) is 35.9 Å². The molecule has 1 atom stereocenters. The molecule has 1 amide bonds. The average molecular weight is 251 g/mol. The van der Waals surface area contributed by atoms with Gasteiger partial charge < -0.3 is 14.6 Å². The molecule has 0 saturated carbocycles. The predicted molar refractivity (Wildman–Crippen MR) is 68.0 cm³/mol. The minimum Gasteiger partial charge on any atom is -0.446 e. The molecule has 0 spiro atoms. The van der Waals surface area contributed by atoms with Gasteiger partial charge in [-0.15, -0.1) is 0 Å². The van der Waals surface area contributed by atoms with E-state index in [1.165, 1.54) is 6.39 Å². The van der Waals surface area contributed by atoms with Crippen LogP contribution < -0.4 is 5.32 Å². The fourth-order valence-electron chi connectivity index (χ4n) is 2.33. The molecule has 5 nitrogen and oxygen atoms in total. The number of carbonyl (C=O) groups is 1. The van der Waals surface area contributed by atoms with Gasteiger partial charge in [-0.3, -0.25) is 4.79 Å². The molecule has 1 aliphatic heterocycles.